The van der Waals surface area contributed by atoms with E-state index in [0.29, 0.717) is 6.10 Å². The molecule has 0 atom stereocenters. The molecule has 106 valence electrons. The van der Waals surface area contributed by atoms with Gasteiger partial charge in [-0.05, 0) is 25.7 Å². The number of hydrogen-bond acceptors (Lipinski definition) is 2. The monoisotopic (exact) mass is 255 g/mol. The number of nitrogens with one attached hydrogen (secondary N) is 2. The highest BCUT2D eigenvalue weighted by Crippen LogP contribution is 2.20. The maximum Gasteiger partial charge on any atom is 0.190 e. The van der Waals surface area contributed by atoms with Crippen molar-refractivity contribution in [2.24, 2.45) is 4.99 Å². The van der Waals surface area contributed by atoms with Gasteiger partial charge >= 0.3 is 0 Å². The second kappa shape index (κ2) is 10.2. The molecule has 0 heterocycles. The lowest BCUT2D eigenvalue weighted by Gasteiger charge is -2.22. The molecule has 1 aliphatic carbocycles. The maximum absolute atomic E-state index is 5.88. The number of hydrogen-bond donors (Lipinski definition) is 2. The van der Waals surface area contributed by atoms with Crippen LogP contribution in [0.3, 0.4) is 0 Å². The van der Waals surface area contributed by atoms with Gasteiger partial charge in [-0.3, -0.25) is 4.99 Å². The third-order valence-corrected chi connectivity index (χ3v) is 3.29. The van der Waals surface area contributed by atoms with Gasteiger partial charge in [-0.15, -0.1) is 0 Å². The van der Waals surface area contributed by atoms with Gasteiger partial charge in [0.25, 0.3) is 0 Å². The fraction of sp³-hybridized carbons (Fsp3) is 0.929. The van der Waals surface area contributed by atoms with Crippen LogP contribution in [0.1, 0.15) is 51.9 Å². The molecular formula is C14H29N3O. The molecule has 1 rings (SSSR count). The van der Waals surface area contributed by atoms with E-state index in [2.05, 4.69) is 22.5 Å². The Balaban J connectivity index is 1.96. The summed E-state index contributed by atoms with van der Waals surface area (Å²) in [5.41, 5.74) is 0. The molecule has 0 unspecified atom stereocenters. The molecule has 4 heteroatoms. The summed E-state index contributed by atoms with van der Waals surface area (Å²) in [6.45, 7) is 4.91. The van der Waals surface area contributed by atoms with Gasteiger partial charge in [0.05, 0.1) is 6.10 Å². The second-order valence-electron chi connectivity index (χ2n) is 4.91. The topological polar surface area (TPSA) is 45.7 Å². The number of ether oxygens (including phenoxy) is 1. The Morgan fingerprint density at radius 2 is 1.89 bits per heavy atom. The lowest BCUT2D eigenvalue weighted by molar-refractivity contribution is 0.0277. The van der Waals surface area contributed by atoms with Crippen LogP contribution in [-0.2, 0) is 4.74 Å². The lowest BCUT2D eigenvalue weighted by atomic mass is 9.98. The fourth-order valence-corrected chi connectivity index (χ4v) is 2.22. The molecule has 0 radical (unpaired) electrons. The number of aliphatic imine (C=N–C) groups is 1. The number of guanidine groups is 1. The molecule has 4 nitrogen and oxygen atoms in total. The van der Waals surface area contributed by atoms with Crippen LogP contribution in [0.2, 0.25) is 0 Å². The van der Waals surface area contributed by atoms with Crippen LogP contribution in [0.25, 0.3) is 0 Å². The van der Waals surface area contributed by atoms with E-state index in [1.807, 2.05) is 7.05 Å². The van der Waals surface area contributed by atoms with Gasteiger partial charge in [0.1, 0.15) is 0 Å². The summed E-state index contributed by atoms with van der Waals surface area (Å²) in [5, 5.41) is 6.56. The van der Waals surface area contributed by atoms with Crippen molar-refractivity contribution in [3.8, 4) is 0 Å². The summed E-state index contributed by atoms with van der Waals surface area (Å²) < 4.78 is 5.88. The quantitative estimate of drug-likeness (QED) is 0.417. The standard InChI is InChI=1S/C14H29N3O/c1-3-10-16-14(15-2)17-11-7-12-18-13-8-5-4-6-9-13/h13H,3-12H2,1-2H3,(H2,15,16,17). The molecule has 1 fully saturated rings. The van der Waals surface area contributed by atoms with Gasteiger partial charge in [0, 0.05) is 26.7 Å². The van der Waals surface area contributed by atoms with Gasteiger partial charge in [-0.2, -0.15) is 0 Å². The van der Waals surface area contributed by atoms with Crippen molar-refractivity contribution in [1.29, 1.82) is 0 Å². The van der Waals surface area contributed by atoms with Crippen LogP contribution in [-0.4, -0.2) is 38.8 Å². The Morgan fingerprint density at radius 1 is 1.17 bits per heavy atom. The zero-order valence-electron chi connectivity index (χ0n) is 12.0. The van der Waals surface area contributed by atoms with Crippen molar-refractivity contribution in [1.82, 2.24) is 10.6 Å². The first-order chi connectivity index (χ1) is 8.86. The minimum Gasteiger partial charge on any atom is -0.378 e. The molecule has 0 aliphatic heterocycles. The normalized spacial score (nSPS) is 17.8. The molecule has 0 spiro atoms. The first-order valence-corrected chi connectivity index (χ1v) is 7.43. The summed E-state index contributed by atoms with van der Waals surface area (Å²) in [6.07, 6.45) is 9.28. The van der Waals surface area contributed by atoms with E-state index in [0.717, 1.165) is 38.5 Å². The predicted molar refractivity (Wildman–Crippen MR) is 77.1 cm³/mol. The van der Waals surface area contributed by atoms with Crippen molar-refractivity contribution >= 4 is 5.96 Å². The van der Waals surface area contributed by atoms with Crippen LogP contribution >= 0.6 is 0 Å². The van der Waals surface area contributed by atoms with Crippen molar-refractivity contribution in [3.05, 3.63) is 0 Å². The molecule has 1 saturated carbocycles. The van der Waals surface area contributed by atoms with Gasteiger partial charge in [-0.1, -0.05) is 26.2 Å². The van der Waals surface area contributed by atoms with Gasteiger partial charge < -0.3 is 15.4 Å². The molecule has 0 saturated heterocycles. The Hall–Kier alpha value is -0.770. The Labute approximate surface area is 112 Å². The molecule has 2 N–H and O–H groups in total. The van der Waals surface area contributed by atoms with Crippen LogP contribution in [0.15, 0.2) is 4.99 Å². The molecule has 0 aromatic carbocycles. The van der Waals surface area contributed by atoms with Crippen LogP contribution < -0.4 is 10.6 Å². The summed E-state index contributed by atoms with van der Waals surface area (Å²) in [7, 11) is 1.81. The van der Waals surface area contributed by atoms with Crippen molar-refractivity contribution < 1.29 is 4.74 Å². The van der Waals surface area contributed by atoms with E-state index in [9.17, 15) is 0 Å². The van der Waals surface area contributed by atoms with E-state index in [4.69, 9.17) is 4.74 Å². The van der Waals surface area contributed by atoms with E-state index >= 15 is 0 Å². The highest BCUT2D eigenvalue weighted by Gasteiger charge is 2.12. The van der Waals surface area contributed by atoms with Crippen LogP contribution in [0, 0.1) is 0 Å². The van der Waals surface area contributed by atoms with Crippen molar-refractivity contribution in [3.63, 3.8) is 0 Å². The van der Waals surface area contributed by atoms with E-state index in [-0.39, 0.29) is 0 Å². The van der Waals surface area contributed by atoms with Gasteiger partial charge in [0.2, 0.25) is 0 Å². The Bertz CT molecular complexity index is 225. The first-order valence-electron chi connectivity index (χ1n) is 7.43. The predicted octanol–water partition coefficient (Wildman–Crippen LogP) is 2.30. The minimum absolute atomic E-state index is 0.524. The summed E-state index contributed by atoms with van der Waals surface area (Å²) >= 11 is 0. The molecule has 0 aromatic heterocycles. The summed E-state index contributed by atoms with van der Waals surface area (Å²) in [4.78, 5) is 4.17. The second-order valence-corrected chi connectivity index (χ2v) is 4.91. The Kier molecular flexibility index (Phi) is 8.65. The molecule has 0 amide bonds. The summed E-state index contributed by atoms with van der Waals surface area (Å²) in [6, 6.07) is 0. The van der Waals surface area contributed by atoms with E-state index in [1.54, 1.807) is 0 Å². The zero-order chi connectivity index (χ0) is 13.1. The average Bonchev–Trinajstić information content (AvgIpc) is 2.43. The smallest absolute Gasteiger partial charge is 0.190 e. The van der Waals surface area contributed by atoms with Crippen molar-refractivity contribution in [2.75, 3.05) is 26.7 Å². The van der Waals surface area contributed by atoms with E-state index in [1.165, 1.54) is 32.1 Å². The first kappa shape index (κ1) is 15.3. The lowest BCUT2D eigenvalue weighted by Crippen LogP contribution is -2.38. The largest absolute Gasteiger partial charge is 0.378 e. The molecular weight excluding hydrogens is 226 g/mol. The molecule has 0 aromatic rings. The van der Waals surface area contributed by atoms with Crippen molar-refractivity contribution in [2.45, 2.75) is 58.0 Å². The number of rotatable bonds is 7. The molecule has 1 aliphatic rings. The average molecular weight is 255 g/mol. The van der Waals surface area contributed by atoms with Gasteiger partial charge in [0.15, 0.2) is 5.96 Å². The summed E-state index contributed by atoms with van der Waals surface area (Å²) in [5.74, 6) is 0.898. The maximum atomic E-state index is 5.88. The third kappa shape index (κ3) is 6.84. The Morgan fingerprint density at radius 3 is 2.56 bits per heavy atom. The SMILES string of the molecule is CCCNC(=NC)NCCCOC1CCCCC1. The van der Waals surface area contributed by atoms with Gasteiger partial charge in [-0.25, -0.2) is 0 Å². The van der Waals surface area contributed by atoms with Crippen LogP contribution in [0.4, 0.5) is 0 Å². The third-order valence-electron chi connectivity index (χ3n) is 3.29. The highest BCUT2D eigenvalue weighted by atomic mass is 16.5. The zero-order valence-corrected chi connectivity index (χ0v) is 12.0. The number of nitrogens with zero attached hydrogens (tertiary/aromatic N) is 1. The van der Waals surface area contributed by atoms with E-state index < -0.39 is 0 Å². The fourth-order valence-electron chi connectivity index (χ4n) is 2.22. The molecule has 0 bridgehead atoms. The molecule has 18 heavy (non-hydrogen) atoms. The minimum atomic E-state index is 0.524. The van der Waals surface area contributed by atoms with Crippen LogP contribution in [0.5, 0.6) is 0 Å². The highest BCUT2D eigenvalue weighted by molar-refractivity contribution is 5.79.